The lowest BCUT2D eigenvalue weighted by Crippen LogP contribution is -2.32. The third-order valence-electron chi connectivity index (χ3n) is 7.71. The number of carbonyl (C=O) groups excluding carboxylic acids is 3. The van der Waals surface area contributed by atoms with Gasteiger partial charge in [-0.3, -0.25) is 19.4 Å². The van der Waals surface area contributed by atoms with Crippen LogP contribution in [0.4, 0.5) is 0 Å². The molecule has 43 heavy (non-hydrogen) atoms. The van der Waals surface area contributed by atoms with Crippen LogP contribution < -0.4 is 5.32 Å². The zero-order chi connectivity index (χ0) is 31.0. The van der Waals surface area contributed by atoms with Gasteiger partial charge in [0.1, 0.15) is 5.84 Å². The Morgan fingerprint density at radius 1 is 0.953 bits per heavy atom. The van der Waals surface area contributed by atoms with Crippen LogP contribution in [0.15, 0.2) is 77.9 Å². The maximum absolute atomic E-state index is 12.6. The normalized spacial score (nSPS) is 13.4. The van der Waals surface area contributed by atoms with Crippen LogP contribution in [0, 0.1) is 0 Å². The molecule has 2 amide bonds. The summed E-state index contributed by atoms with van der Waals surface area (Å²) in [5.41, 5.74) is 6.04. The molecule has 0 spiro atoms. The first kappa shape index (κ1) is 31.7. The number of hydrogen-bond donors (Lipinski definition) is 1. The van der Waals surface area contributed by atoms with Crippen LogP contribution in [0.2, 0.25) is 0 Å². The van der Waals surface area contributed by atoms with Gasteiger partial charge in [-0.25, -0.2) is 0 Å². The van der Waals surface area contributed by atoms with Crippen molar-refractivity contribution in [3.8, 4) is 11.1 Å². The monoisotopic (exact) mass is 580 g/mol. The molecule has 1 fully saturated rings. The average molecular weight is 581 g/mol. The number of amides is 2. The highest BCUT2D eigenvalue weighted by atomic mass is 16.2. The van der Waals surface area contributed by atoms with E-state index in [1.165, 1.54) is 16.7 Å². The van der Waals surface area contributed by atoms with E-state index in [0.717, 1.165) is 49.1 Å². The van der Waals surface area contributed by atoms with Gasteiger partial charge in [-0.15, -0.1) is 0 Å². The molecule has 0 atom stereocenters. The number of hydrogen-bond acceptors (Lipinski definition) is 5. The highest BCUT2D eigenvalue weighted by Crippen LogP contribution is 2.24. The van der Waals surface area contributed by atoms with E-state index < -0.39 is 11.7 Å². The van der Waals surface area contributed by atoms with Crippen LogP contribution in [-0.2, 0) is 28.0 Å². The zero-order valence-electron chi connectivity index (χ0n) is 26.1. The maximum Gasteiger partial charge on any atom is 0.292 e. The van der Waals surface area contributed by atoms with E-state index in [9.17, 15) is 14.4 Å². The van der Waals surface area contributed by atoms with Gasteiger partial charge in [0.15, 0.2) is 0 Å². The van der Waals surface area contributed by atoms with E-state index in [2.05, 4.69) is 62.5 Å². The fraction of sp³-hybridized carbons (Fsp3) is 0.389. The van der Waals surface area contributed by atoms with Crippen molar-refractivity contribution in [2.24, 2.45) is 5.10 Å². The van der Waals surface area contributed by atoms with Crippen molar-refractivity contribution in [1.29, 1.82) is 0 Å². The number of ketones is 1. The number of nitrogens with zero attached hydrogens (tertiary/aromatic N) is 3. The molecule has 226 valence electrons. The van der Waals surface area contributed by atoms with Crippen molar-refractivity contribution >= 4 is 23.9 Å². The fourth-order valence-corrected chi connectivity index (χ4v) is 4.94. The summed E-state index contributed by atoms with van der Waals surface area (Å²) in [6.45, 7) is 9.80. The van der Waals surface area contributed by atoms with Crippen molar-refractivity contribution in [2.45, 2.75) is 77.8 Å². The van der Waals surface area contributed by atoms with Crippen LogP contribution in [0.5, 0.6) is 0 Å². The molecule has 0 aromatic heterocycles. The summed E-state index contributed by atoms with van der Waals surface area (Å²) in [6.07, 6.45) is 5.10. The van der Waals surface area contributed by atoms with E-state index >= 15 is 0 Å². The molecule has 3 aromatic rings. The molecule has 1 saturated carbocycles. The van der Waals surface area contributed by atoms with Crippen molar-refractivity contribution in [2.75, 3.05) is 13.6 Å². The first-order chi connectivity index (χ1) is 20.6. The molecule has 1 N–H and O–H groups in total. The predicted molar refractivity (Wildman–Crippen MR) is 173 cm³/mol. The Labute approximate surface area is 256 Å². The van der Waals surface area contributed by atoms with Gasteiger partial charge in [0.05, 0.1) is 6.54 Å². The van der Waals surface area contributed by atoms with E-state index in [-0.39, 0.29) is 11.5 Å². The summed E-state index contributed by atoms with van der Waals surface area (Å²) in [5.74, 6) is -0.270. The lowest BCUT2D eigenvalue weighted by molar-refractivity contribution is -0.117. The summed E-state index contributed by atoms with van der Waals surface area (Å²) in [4.78, 5) is 38.2. The van der Waals surface area contributed by atoms with Gasteiger partial charge in [-0.2, -0.15) is 5.10 Å². The zero-order valence-corrected chi connectivity index (χ0v) is 26.1. The van der Waals surface area contributed by atoms with Crippen LogP contribution in [0.3, 0.4) is 0 Å². The molecule has 1 aliphatic carbocycles. The molecule has 1 aliphatic rings. The van der Waals surface area contributed by atoms with Gasteiger partial charge >= 0.3 is 0 Å². The van der Waals surface area contributed by atoms with Crippen molar-refractivity contribution in [1.82, 2.24) is 15.2 Å². The molecule has 3 aromatic carbocycles. The molecule has 0 heterocycles. The van der Waals surface area contributed by atoms with Gasteiger partial charge in [0.25, 0.3) is 5.91 Å². The number of benzene rings is 3. The molecule has 0 saturated heterocycles. The number of nitrogens with one attached hydrogen (secondary N) is 1. The SMILES string of the molecule is CCN(C=O)/C(CCCc1ccc(-c2cccc(C(=O)C(=O)NC3CC3)c2)cc1)=N\N(C)Cc1ccc(C(C)(C)C)cc1. The summed E-state index contributed by atoms with van der Waals surface area (Å²) in [6, 6.07) is 24.3. The number of carbonyl (C=O) groups is 3. The molecular weight excluding hydrogens is 536 g/mol. The third kappa shape index (κ3) is 9.11. The smallest absolute Gasteiger partial charge is 0.292 e. The minimum Gasteiger partial charge on any atom is -0.346 e. The minimum absolute atomic E-state index is 0.112. The van der Waals surface area contributed by atoms with E-state index in [4.69, 9.17) is 5.10 Å². The lowest BCUT2D eigenvalue weighted by Gasteiger charge is -2.22. The Hall–Kier alpha value is -4.26. The van der Waals surface area contributed by atoms with Gasteiger partial charge in [-0.1, -0.05) is 87.5 Å². The Kier molecular flexibility index (Phi) is 10.5. The first-order valence-corrected chi connectivity index (χ1v) is 15.2. The van der Waals surface area contributed by atoms with E-state index in [1.807, 2.05) is 43.2 Å². The standard InChI is InChI=1S/C36H44N4O3/c1-6-40(25-41)33(38-39(5)24-27-15-19-31(20-16-27)36(2,3)4)12-7-9-26-13-17-28(18-14-26)29-10-8-11-30(23-29)34(42)35(43)37-32-21-22-32/h8,10-11,13-20,23,25,32H,6-7,9,12,21-22,24H2,1-5H3,(H,37,43)/b38-33-. The maximum atomic E-state index is 12.6. The number of Topliss-reactive ketones (excluding diaryl/α,β-unsaturated/α-hetero) is 1. The summed E-state index contributed by atoms with van der Waals surface area (Å²) in [7, 11) is 1.94. The number of hydrazone groups is 1. The molecule has 7 heteroatoms. The predicted octanol–water partition coefficient (Wildman–Crippen LogP) is 6.36. The topological polar surface area (TPSA) is 82.1 Å². The second-order valence-corrected chi connectivity index (χ2v) is 12.4. The Morgan fingerprint density at radius 3 is 2.23 bits per heavy atom. The van der Waals surface area contributed by atoms with Gasteiger partial charge in [-0.05, 0) is 71.9 Å². The second kappa shape index (κ2) is 14.3. The summed E-state index contributed by atoms with van der Waals surface area (Å²) >= 11 is 0. The molecule has 4 rings (SSSR count). The van der Waals surface area contributed by atoms with Crippen LogP contribution in [0.25, 0.3) is 11.1 Å². The Morgan fingerprint density at radius 2 is 1.63 bits per heavy atom. The van der Waals surface area contributed by atoms with Gasteiger partial charge in [0.2, 0.25) is 12.2 Å². The minimum atomic E-state index is -0.532. The summed E-state index contributed by atoms with van der Waals surface area (Å²) < 4.78 is 0. The molecular formula is C36H44N4O3. The first-order valence-electron chi connectivity index (χ1n) is 15.2. The van der Waals surface area contributed by atoms with E-state index in [0.29, 0.717) is 25.1 Å². The molecule has 0 unspecified atom stereocenters. The van der Waals surface area contributed by atoms with Gasteiger partial charge < -0.3 is 10.2 Å². The molecule has 0 aliphatic heterocycles. The van der Waals surface area contributed by atoms with Crippen molar-refractivity contribution < 1.29 is 14.4 Å². The number of aryl methyl sites for hydroxylation is 1. The fourth-order valence-electron chi connectivity index (χ4n) is 4.94. The highest BCUT2D eigenvalue weighted by Gasteiger charge is 2.27. The largest absolute Gasteiger partial charge is 0.346 e. The Bertz CT molecular complexity index is 1430. The van der Waals surface area contributed by atoms with Crippen molar-refractivity contribution in [3.63, 3.8) is 0 Å². The molecule has 0 radical (unpaired) electrons. The average Bonchev–Trinajstić information content (AvgIpc) is 3.81. The number of amidine groups is 1. The second-order valence-electron chi connectivity index (χ2n) is 12.4. The van der Waals surface area contributed by atoms with Gasteiger partial charge in [0, 0.05) is 31.6 Å². The third-order valence-corrected chi connectivity index (χ3v) is 7.71. The van der Waals surface area contributed by atoms with Crippen LogP contribution in [0.1, 0.15) is 80.4 Å². The summed E-state index contributed by atoms with van der Waals surface area (Å²) in [5, 5.41) is 9.48. The highest BCUT2D eigenvalue weighted by molar-refractivity contribution is 6.43. The quantitative estimate of drug-likeness (QED) is 0.0637. The van der Waals surface area contributed by atoms with E-state index in [1.54, 1.807) is 17.0 Å². The van der Waals surface area contributed by atoms with Crippen LogP contribution >= 0.6 is 0 Å². The van der Waals surface area contributed by atoms with Crippen molar-refractivity contribution in [3.05, 3.63) is 95.1 Å². The Balaban J connectivity index is 1.35. The van der Waals surface area contributed by atoms with Crippen LogP contribution in [-0.4, -0.2) is 53.5 Å². The lowest BCUT2D eigenvalue weighted by atomic mass is 9.87. The molecule has 0 bridgehead atoms. The number of rotatable bonds is 13. The molecule has 7 nitrogen and oxygen atoms in total.